The topological polar surface area (TPSA) is 84.7 Å². The van der Waals surface area contributed by atoms with E-state index in [0.29, 0.717) is 18.8 Å². The quantitative estimate of drug-likeness (QED) is 0.853. The highest BCUT2D eigenvalue weighted by atomic mass is 19.1. The number of carbonyl (C=O) groups excluding carboxylic acids is 2. The maximum atomic E-state index is 13.1. The largest absolute Gasteiger partial charge is 0.367 e. The molecule has 1 heterocycles. The standard InChI is InChI=1S/C19H20FN3O3/c20-14-6-8-15(9-7-14)22-19(25)17(13-4-2-1-3-5-13)23-10-11-26-16(12-23)18(21)24/h1-9,16-17H,10-12H2,(H2,21,24)(H,22,25)/t16-,17-/m1/s1. The monoisotopic (exact) mass is 357 g/mol. The number of carbonyl (C=O) groups is 2. The molecule has 2 amide bonds. The van der Waals surface area contributed by atoms with E-state index in [1.165, 1.54) is 24.3 Å². The number of anilines is 1. The SMILES string of the molecule is NC(=O)[C@H]1CN([C@@H](C(=O)Nc2ccc(F)cc2)c2ccccc2)CCO1. The fourth-order valence-electron chi connectivity index (χ4n) is 2.98. The summed E-state index contributed by atoms with van der Waals surface area (Å²) in [6.45, 7) is 1.02. The molecule has 1 fully saturated rings. The summed E-state index contributed by atoms with van der Waals surface area (Å²) in [5.74, 6) is -1.20. The van der Waals surface area contributed by atoms with Gasteiger partial charge in [-0.3, -0.25) is 14.5 Å². The number of hydrogen-bond acceptors (Lipinski definition) is 4. The van der Waals surface area contributed by atoms with Gasteiger partial charge in [-0.15, -0.1) is 0 Å². The second kappa shape index (κ2) is 8.07. The van der Waals surface area contributed by atoms with Gasteiger partial charge in [-0.1, -0.05) is 30.3 Å². The molecule has 0 aromatic heterocycles. The Morgan fingerprint density at radius 1 is 1.15 bits per heavy atom. The van der Waals surface area contributed by atoms with E-state index in [-0.39, 0.29) is 18.3 Å². The van der Waals surface area contributed by atoms with Gasteiger partial charge in [0.15, 0.2) is 0 Å². The van der Waals surface area contributed by atoms with Crippen LogP contribution in [0.5, 0.6) is 0 Å². The number of benzene rings is 2. The van der Waals surface area contributed by atoms with Crippen LogP contribution in [-0.2, 0) is 14.3 Å². The van der Waals surface area contributed by atoms with Gasteiger partial charge in [0.2, 0.25) is 11.8 Å². The molecule has 0 unspecified atom stereocenters. The van der Waals surface area contributed by atoms with Crippen molar-refractivity contribution in [3.8, 4) is 0 Å². The highest BCUT2D eigenvalue weighted by Gasteiger charge is 2.34. The zero-order valence-electron chi connectivity index (χ0n) is 14.1. The molecule has 1 aliphatic rings. The molecule has 3 rings (SSSR count). The maximum Gasteiger partial charge on any atom is 0.247 e. The zero-order valence-corrected chi connectivity index (χ0v) is 14.1. The lowest BCUT2D eigenvalue weighted by atomic mass is 10.0. The third-order valence-corrected chi connectivity index (χ3v) is 4.26. The number of ether oxygens (including phenoxy) is 1. The van der Waals surface area contributed by atoms with Gasteiger partial charge in [0.05, 0.1) is 6.61 Å². The minimum absolute atomic E-state index is 0.228. The Morgan fingerprint density at radius 3 is 2.50 bits per heavy atom. The van der Waals surface area contributed by atoms with Crippen molar-refractivity contribution in [2.75, 3.05) is 25.0 Å². The molecule has 0 radical (unpaired) electrons. The lowest BCUT2D eigenvalue weighted by molar-refractivity contribution is -0.139. The molecule has 2 atom stereocenters. The van der Waals surface area contributed by atoms with Gasteiger partial charge in [0.1, 0.15) is 18.0 Å². The summed E-state index contributed by atoms with van der Waals surface area (Å²) < 4.78 is 18.5. The molecule has 2 aromatic carbocycles. The van der Waals surface area contributed by atoms with Crippen molar-refractivity contribution in [1.82, 2.24) is 4.90 Å². The number of nitrogens with two attached hydrogens (primary N) is 1. The van der Waals surface area contributed by atoms with Crippen molar-refractivity contribution < 1.29 is 18.7 Å². The average molecular weight is 357 g/mol. The van der Waals surface area contributed by atoms with Crippen molar-refractivity contribution in [1.29, 1.82) is 0 Å². The normalized spacial score (nSPS) is 18.9. The summed E-state index contributed by atoms with van der Waals surface area (Å²) >= 11 is 0. The van der Waals surface area contributed by atoms with Crippen LogP contribution in [0.15, 0.2) is 54.6 Å². The fraction of sp³-hybridized carbons (Fsp3) is 0.263. The molecular weight excluding hydrogens is 337 g/mol. The van der Waals surface area contributed by atoms with Crippen molar-refractivity contribution >= 4 is 17.5 Å². The van der Waals surface area contributed by atoms with E-state index in [0.717, 1.165) is 5.56 Å². The van der Waals surface area contributed by atoms with Gasteiger partial charge in [0.25, 0.3) is 0 Å². The van der Waals surface area contributed by atoms with Crippen LogP contribution in [0.2, 0.25) is 0 Å². The first-order valence-corrected chi connectivity index (χ1v) is 8.31. The minimum Gasteiger partial charge on any atom is -0.367 e. The van der Waals surface area contributed by atoms with Gasteiger partial charge >= 0.3 is 0 Å². The fourth-order valence-corrected chi connectivity index (χ4v) is 2.98. The Labute approximate surface area is 150 Å². The summed E-state index contributed by atoms with van der Waals surface area (Å²) in [6.07, 6.45) is -0.756. The Bertz CT molecular complexity index is 767. The third-order valence-electron chi connectivity index (χ3n) is 4.26. The number of rotatable bonds is 5. The molecule has 3 N–H and O–H groups in total. The molecule has 0 aliphatic carbocycles. The van der Waals surface area contributed by atoms with Crippen molar-refractivity contribution in [2.45, 2.75) is 12.1 Å². The zero-order chi connectivity index (χ0) is 18.5. The first kappa shape index (κ1) is 18.0. The molecule has 7 heteroatoms. The molecule has 1 aliphatic heterocycles. The second-order valence-electron chi connectivity index (χ2n) is 6.07. The Hall–Kier alpha value is -2.77. The van der Waals surface area contributed by atoms with Crippen LogP contribution in [0.1, 0.15) is 11.6 Å². The first-order chi connectivity index (χ1) is 12.5. The smallest absolute Gasteiger partial charge is 0.247 e. The van der Waals surface area contributed by atoms with Crippen molar-refractivity contribution in [3.05, 3.63) is 66.0 Å². The summed E-state index contributed by atoms with van der Waals surface area (Å²) in [5.41, 5.74) is 6.64. The summed E-state index contributed by atoms with van der Waals surface area (Å²) in [7, 11) is 0. The van der Waals surface area contributed by atoms with Crippen LogP contribution >= 0.6 is 0 Å². The first-order valence-electron chi connectivity index (χ1n) is 8.31. The minimum atomic E-state index is -0.756. The molecule has 0 saturated carbocycles. The highest BCUT2D eigenvalue weighted by Crippen LogP contribution is 2.25. The Kier molecular flexibility index (Phi) is 5.60. The van der Waals surface area contributed by atoms with Gasteiger partial charge in [-0.25, -0.2) is 4.39 Å². The number of primary amides is 1. The van der Waals surface area contributed by atoms with E-state index in [2.05, 4.69) is 5.32 Å². The van der Waals surface area contributed by atoms with E-state index in [1.54, 1.807) is 0 Å². The Balaban J connectivity index is 1.84. The van der Waals surface area contributed by atoms with Crippen LogP contribution in [0.4, 0.5) is 10.1 Å². The Morgan fingerprint density at radius 2 is 1.85 bits per heavy atom. The molecular formula is C19H20FN3O3. The van der Waals surface area contributed by atoms with Gasteiger partial charge in [0, 0.05) is 18.8 Å². The van der Waals surface area contributed by atoms with E-state index in [1.807, 2.05) is 35.2 Å². The number of nitrogens with one attached hydrogen (secondary N) is 1. The lowest BCUT2D eigenvalue weighted by Gasteiger charge is -2.36. The highest BCUT2D eigenvalue weighted by molar-refractivity contribution is 5.95. The van der Waals surface area contributed by atoms with E-state index >= 15 is 0 Å². The third kappa shape index (κ3) is 4.25. The number of hydrogen-bond donors (Lipinski definition) is 2. The lowest BCUT2D eigenvalue weighted by Crippen LogP contribution is -2.51. The summed E-state index contributed by atoms with van der Waals surface area (Å²) in [4.78, 5) is 26.3. The summed E-state index contributed by atoms with van der Waals surface area (Å²) in [6, 6.07) is 14.2. The summed E-state index contributed by atoms with van der Waals surface area (Å²) in [5, 5.41) is 2.80. The van der Waals surface area contributed by atoms with E-state index in [4.69, 9.17) is 10.5 Å². The number of amides is 2. The molecule has 0 bridgehead atoms. The van der Waals surface area contributed by atoms with Crippen LogP contribution in [0.25, 0.3) is 0 Å². The predicted molar refractivity (Wildman–Crippen MR) is 94.7 cm³/mol. The molecule has 6 nitrogen and oxygen atoms in total. The second-order valence-corrected chi connectivity index (χ2v) is 6.07. The molecule has 0 spiro atoms. The maximum absolute atomic E-state index is 13.1. The number of morpholine rings is 1. The number of halogens is 1. The van der Waals surface area contributed by atoms with Crippen molar-refractivity contribution in [2.24, 2.45) is 5.73 Å². The molecule has 1 saturated heterocycles. The van der Waals surface area contributed by atoms with Crippen LogP contribution < -0.4 is 11.1 Å². The van der Waals surface area contributed by atoms with Crippen LogP contribution in [0, 0.1) is 5.82 Å². The van der Waals surface area contributed by atoms with E-state index in [9.17, 15) is 14.0 Å². The van der Waals surface area contributed by atoms with Crippen LogP contribution in [-0.4, -0.2) is 42.5 Å². The average Bonchev–Trinajstić information content (AvgIpc) is 2.65. The van der Waals surface area contributed by atoms with Gasteiger partial charge in [-0.2, -0.15) is 0 Å². The number of nitrogens with zero attached hydrogens (tertiary/aromatic N) is 1. The molecule has 26 heavy (non-hydrogen) atoms. The van der Waals surface area contributed by atoms with Crippen LogP contribution in [0.3, 0.4) is 0 Å². The van der Waals surface area contributed by atoms with Crippen molar-refractivity contribution in [3.63, 3.8) is 0 Å². The molecule has 136 valence electrons. The van der Waals surface area contributed by atoms with Gasteiger partial charge in [-0.05, 0) is 29.8 Å². The molecule has 2 aromatic rings. The predicted octanol–water partition coefficient (Wildman–Crippen LogP) is 1.69. The van der Waals surface area contributed by atoms with E-state index < -0.39 is 18.1 Å². The van der Waals surface area contributed by atoms with Gasteiger partial charge < -0.3 is 15.8 Å².